The van der Waals surface area contributed by atoms with E-state index in [4.69, 9.17) is 5.73 Å². The molecule has 0 fully saturated rings. The van der Waals surface area contributed by atoms with Crippen LogP contribution in [0.3, 0.4) is 0 Å². The Morgan fingerprint density at radius 1 is 1.32 bits per heavy atom. The minimum Gasteiger partial charge on any atom is -0.388 e. The number of rotatable bonds is 4. The molecule has 0 aliphatic carbocycles. The first-order valence-corrected chi connectivity index (χ1v) is 6.72. The molecule has 1 rings (SSSR count). The zero-order chi connectivity index (χ0) is 14.8. The van der Waals surface area contributed by atoms with Crippen LogP contribution in [0.2, 0.25) is 0 Å². The maximum atomic E-state index is 12.7. The van der Waals surface area contributed by atoms with Crippen LogP contribution in [0.15, 0.2) is 22.7 Å². The molecule has 2 atom stereocenters. The van der Waals surface area contributed by atoms with Gasteiger partial charge < -0.3 is 10.8 Å². The topological polar surface area (TPSA) is 46.2 Å². The Morgan fingerprint density at radius 2 is 1.89 bits per heavy atom. The molecule has 0 spiro atoms. The lowest BCUT2D eigenvalue weighted by Gasteiger charge is -2.26. The Balaban J connectivity index is 3.18. The minimum atomic E-state index is -4.43. The van der Waals surface area contributed by atoms with E-state index in [0.717, 1.165) is 12.1 Å². The highest BCUT2D eigenvalue weighted by Crippen LogP contribution is 2.37. The summed E-state index contributed by atoms with van der Waals surface area (Å²) in [5, 5.41) is 10.2. The third-order valence-corrected chi connectivity index (χ3v) is 3.90. The lowest BCUT2D eigenvalue weighted by atomic mass is 9.86. The molecule has 108 valence electrons. The summed E-state index contributed by atoms with van der Waals surface area (Å²) >= 11 is 3.18. The first-order valence-electron chi connectivity index (χ1n) is 5.93. The fourth-order valence-electron chi connectivity index (χ4n) is 1.94. The van der Waals surface area contributed by atoms with Gasteiger partial charge in [-0.2, -0.15) is 13.2 Å². The van der Waals surface area contributed by atoms with Crippen LogP contribution in [0.1, 0.15) is 31.1 Å². The monoisotopic (exact) mass is 339 g/mol. The summed E-state index contributed by atoms with van der Waals surface area (Å²) in [5.74, 6) is -0.221. The van der Waals surface area contributed by atoms with E-state index < -0.39 is 17.8 Å². The lowest BCUT2D eigenvalue weighted by molar-refractivity contribution is -0.137. The van der Waals surface area contributed by atoms with Gasteiger partial charge in [-0.3, -0.25) is 0 Å². The summed E-state index contributed by atoms with van der Waals surface area (Å²) < 4.78 is 38.5. The SMILES string of the molecule is CC(C)C(CN)C(O)c1cc(C(F)(F)F)ccc1Br. The number of aliphatic hydroxyl groups is 1. The van der Waals surface area contributed by atoms with Gasteiger partial charge >= 0.3 is 6.18 Å². The molecule has 0 bridgehead atoms. The van der Waals surface area contributed by atoms with E-state index in [-0.39, 0.29) is 23.9 Å². The van der Waals surface area contributed by atoms with Crippen LogP contribution in [-0.4, -0.2) is 11.7 Å². The first kappa shape index (κ1) is 16.5. The molecule has 2 nitrogen and oxygen atoms in total. The van der Waals surface area contributed by atoms with Crippen LogP contribution in [0.4, 0.5) is 13.2 Å². The van der Waals surface area contributed by atoms with Crippen LogP contribution in [0.25, 0.3) is 0 Å². The zero-order valence-corrected chi connectivity index (χ0v) is 12.3. The van der Waals surface area contributed by atoms with Gasteiger partial charge in [-0.05, 0) is 36.2 Å². The number of alkyl halides is 3. The summed E-state index contributed by atoms with van der Waals surface area (Å²) in [7, 11) is 0. The van der Waals surface area contributed by atoms with E-state index in [9.17, 15) is 18.3 Å². The van der Waals surface area contributed by atoms with Crippen molar-refractivity contribution in [2.75, 3.05) is 6.54 Å². The normalized spacial score (nSPS) is 15.6. The summed E-state index contributed by atoms with van der Waals surface area (Å²) in [5.41, 5.74) is 5.04. The predicted octanol–water partition coefficient (Wildman–Crippen LogP) is 3.73. The average Bonchev–Trinajstić information content (AvgIpc) is 2.28. The van der Waals surface area contributed by atoms with Crippen molar-refractivity contribution >= 4 is 15.9 Å². The summed E-state index contributed by atoms with van der Waals surface area (Å²) in [4.78, 5) is 0. The second kappa shape index (κ2) is 6.24. The number of hydrogen-bond donors (Lipinski definition) is 2. The Labute approximate surface area is 118 Å². The summed E-state index contributed by atoms with van der Waals surface area (Å²) in [6.07, 6.45) is -5.45. The second-order valence-electron chi connectivity index (χ2n) is 4.82. The molecule has 2 unspecified atom stereocenters. The van der Waals surface area contributed by atoms with Crippen molar-refractivity contribution in [3.05, 3.63) is 33.8 Å². The smallest absolute Gasteiger partial charge is 0.388 e. The molecule has 19 heavy (non-hydrogen) atoms. The van der Waals surface area contributed by atoms with E-state index >= 15 is 0 Å². The molecule has 0 aromatic heterocycles. The van der Waals surface area contributed by atoms with Crippen LogP contribution < -0.4 is 5.73 Å². The third-order valence-electron chi connectivity index (χ3n) is 3.18. The first-order chi connectivity index (χ1) is 8.68. The molecule has 3 N–H and O–H groups in total. The van der Waals surface area contributed by atoms with Crippen LogP contribution >= 0.6 is 15.9 Å². The van der Waals surface area contributed by atoms with Gasteiger partial charge in [0.2, 0.25) is 0 Å². The Morgan fingerprint density at radius 3 is 2.32 bits per heavy atom. The van der Waals surface area contributed by atoms with E-state index in [1.54, 1.807) is 0 Å². The van der Waals surface area contributed by atoms with Gasteiger partial charge in [-0.15, -0.1) is 0 Å². The van der Waals surface area contributed by atoms with Crippen molar-refractivity contribution in [3.63, 3.8) is 0 Å². The van der Waals surface area contributed by atoms with E-state index in [2.05, 4.69) is 15.9 Å². The predicted molar refractivity (Wildman–Crippen MR) is 71.5 cm³/mol. The van der Waals surface area contributed by atoms with Gasteiger partial charge in [0.15, 0.2) is 0 Å². The largest absolute Gasteiger partial charge is 0.416 e. The molecule has 0 aliphatic rings. The number of halogens is 4. The van der Waals surface area contributed by atoms with Gasteiger partial charge in [0, 0.05) is 10.4 Å². The fraction of sp³-hybridized carbons (Fsp3) is 0.538. The lowest BCUT2D eigenvalue weighted by Crippen LogP contribution is -2.27. The highest BCUT2D eigenvalue weighted by atomic mass is 79.9. The third kappa shape index (κ3) is 3.94. The Bertz CT molecular complexity index is 434. The zero-order valence-electron chi connectivity index (χ0n) is 10.7. The van der Waals surface area contributed by atoms with Gasteiger partial charge in [0.05, 0.1) is 11.7 Å². The average molecular weight is 340 g/mol. The van der Waals surface area contributed by atoms with Crippen LogP contribution in [0.5, 0.6) is 0 Å². The number of nitrogens with two attached hydrogens (primary N) is 1. The molecule has 6 heteroatoms. The molecule has 0 saturated heterocycles. The Kier molecular flexibility index (Phi) is 5.41. The summed E-state index contributed by atoms with van der Waals surface area (Å²) in [6.45, 7) is 3.96. The molecule has 0 radical (unpaired) electrons. The maximum Gasteiger partial charge on any atom is 0.416 e. The molecule has 0 amide bonds. The highest BCUT2D eigenvalue weighted by molar-refractivity contribution is 9.10. The quantitative estimate of drug-likeness (QED) is 0.877. The van der Waals surface area contributed by atoms with Gasteiger partial charge in [0.1, 0.15) is 0 Å². The van der Waals surface area contributed by atoms with Gasteiger partial charge in [-0.25, -0.2) is 0 Å². The highest BCUT2D eigenvalue weighted by Gasteiger charge is 2.32. The van der Waals surface area contributed by atoms with E-state index in [1.807, 2.05) is 13.8 Å². The maximum absolute atomic E-state index is 12.7. The Hall–Kier alpha value is -0.590. The van der Waals surface area contributed by atoms with Crippen molar-refractivity contribution in [2.45, 2.75) is 26.1 Å². The summed E-state index contributed by atoms with van der Waals surface area (Å²) in [6, 6.07) is 3.25. The van der Waals surface area contributed by atoms with Crippen molar-refractivity contribution in [1.82, 2.24) is 0 Å². The van der Waals surface area contributed by atoms with Crippen molar-refractivity contribution < 1.29 is 18.3 Å². The van der Waals surface area contributed by atoms with E-state index in [1.165, 1.54) is 6.07 Å². The fourth-order valence-corrected chi connectivity index (χ4v) is 2.42. The number of hydrogen-bond acceptors (Lipinski definition) is 2. The van der Waals surface area contributed by atoms with Crippen LogP contribution in [-0.2, 0) is 6.18 Å². The number of benzene rings is 1. The minimum absolute atomic E-state index is 0.0708. The molecule has 0 heterocycles. The molecule has 0 saturated carbocycles. The van der Waals surface area contributed by atoms with E-state index in [0.29, 0.717) is 4.47 Å². The molecular formula is C13H17BrF3NO. The van der Waals surface area contributed by atoms with Gasteiger partial charge in [0.25, 0.3) is 0 Å². The molecule has 1 aromatic rings. The number of aliphatic hydroxyl groups excluding tert-OH is 1. The second-order valence-corrected chi connectivity index (χ2v) is 5.68. The van der Waals surface area contributed by atoms with Crippen molar-refractivity contribution in [1.29, 1.82) is 0 Å². The molecule has 1 aromatic carbocycles. The standard InChI is InChI=1S/C13H17BrF3NO/c1-7(2)10(6-18)12(19)9-5-8(13(15,16)17)3-4-11(9)14/h3-5,7,10,12,19H,6,18H2,1-2H3. The molecular weight excluding hydrogens is 323 g/mol. The van der Waals surface area contributed by atoms with Crippen LogP contribution in [0, 0.1) is 11.8 Å². The van der Waals surface area contributed by atoms with Crippen molar-refractivity contribution in [2.24, 2.45) is 17.6 Å². The molecule has 0 aliphatic heterocycles. The van der Waals surface area contributed by atoms with Crippen molar-refractivity contribution in [3.8, 4) is 0 Å². The van der Waals surface area contributed by atoms with Gasteiger partial charge in [-0.1, -0.05) is 29.8 Å².